The molecule has 1 amide bonds. The van der Waals surface area contributed by atoms with Crippen molar-refractivity contribution in [2.45, 2.75) is 32.7 Å². The smallest absolute Gasteiger partial charge is 0.226 e. The maximum absolute atomic E-state index is 12.8. The standard InChI is InChI=1S/C14H21FN2O/c1-11(2)16-10-4-5-14(18)17(3)13-8-6-12(15)7-9-13/h6-9,11,16H,4-5,10H2,1-3H3. The third-order valence-corrected chi connectivity index (χ3v) is 2.71. The van der Waals surface area contributed by atoms with Crippen molar-refractivity contribution in [3.05, 3.63) is 30.1 Å². The van der Waals surface area contributed by atoms with Crippen LogP contribution in [-0.2, 0) is 4.79 Å². The minimum absolute atomic E-state index is 0.0483. The average Bonchev–Trinajstić information content (AvgIpc) is 2.34. The number of amides is 1. The lowest BCUT2D eigenvalue weighted by molar-refractivity contribution is -0.118. The summed E-state index contributed by atoms with van der Waals surface area (Å²) in [5.41, 5.74) is 0.721. The molecule has 0 unspecified atom stereocenters. The highest BCUT2D eigenvalue weighted by atomic mass is 19.1. The van der Waals surface area contributed by atoms with Gasteiger partial charge in [-0.05, 0) is 37.2 Å². The lowest BCUT2D eigenvalue weighted by Crippen LogP contribution is -2.28. The molecule has 0 aliphatic rings. The molecule has 0 bridgehead atoms. The van der Waals surface area contributed by atoms with Crippen LogP contribution < -0.4 is 10.2 Å². The molecule has 1 aromatic carbocycles. The molecule has 0 spiro atoms. The second-order valence-electron chi connectivity index (χ2n) is 4.64. The molecule has 0 aliphatic carbocycles. The number of hydrogen-bond acceptors (Lipinski definition) is 2. The summed E-state index contributed by atoms with van der Waals surface area (Å²) in [6, 6.07) is 6.38. The van der Waals surface area contributed by atoms with Gasteiger partial charge in [0.25, 0.3) is 0 Å². The minimum Gasteiger partial charge on any atom is -0.316 e. The van der Waals surface area contributed by atoms with Crippen LogP contribution in [0.5, 0.6) is 0 Å². The third kappa shape index (κ3) is 4.84. The van der Waals surface area contributed by atoms with E-state index in [0.717, 1.165) is 18.7 Å². The fourth-order valence-corrected chi connectivity index (χ4v) is 1.61. The van der Waals surface area contributed by atoms with Gasteiger partial charge in [0.15, 0.2) is 0 Å². The molecule has 0 fully saturated rings. The van der Waals surface area contributed by atoms with Crippen molar-refractivity contribution < 1.29 is 9.18 Å². The number of halogens is 1. The van der Waals surface area contributed by atoms with Crippen molar-refractivity contribution in [2.24, 2.45) is 0 Å². The van der Waals surface area contributed by atoms with Gasteiger partial charge in [-0.25, -0.2) is 4.39 Å². The van der Waals surface area contributed by atoms with Crippen LogP contribution in [0.4, 0.5) is 10.1 Å². The van der Waals surface area contributed by atoms with Crippen LogP contribution in [0.3, 0.4) is 0 Å². The number of nitrogens with one attached hydrogen (secondary N) is 1. The van der Waals surface area contributed by atoms with E-state index in [1.165, 1.54) is 12.1 Å². The largest absolute Gasteiger partial charge is 0.316 e. The first kappa shape index (κ1) is 14.6. The Bertz CT molecular complexity index is 376. The highest BCUT2D eigenvalue weighted by Gasteiger charge is 2.10. The van der Waals surface area contributed by atoms with Gasteiger partial charge in [0.2, 0.25) is 5.91 Å². The first-order valence-electron chi connectivity index (χ1n) is 6.26. The number of benzene rings is 1. The number of hydrogen-bond donors (Lipinski definition) is 1. The Hall–Kier alpha value is -1.42. The molecule has 4 heteroatoms. The van der Waals surface area contributed by atoms with Crippen LogP contribution in [-0.4, -0.2) is 25.5 Å². The number of anilines is 1. The summed E-state index contributed by atoms with van der Waals surface area (Å²) in [6.45, 7) is 4.99. The van der Waals surface area contributed by atoms with Crippen molar-refractivity contribution in [3.8, 4) is 0 Å². The number of nitrogens with zero attached hydrogens (tertiary/aromatic N) is 1. The van der Waals surface area contributed by atoms with E-state index in [0.29, 0.717) is 12.5 Å². The second kappa shape index (κ2) is 7.11. The van der Waals surface area contributed by atoms with Crippen LogP contribution in [0.1, 0.15) is 26.7 Å². The van der Waals surface area contributed by atoms with Gasteiger partial charge in [-0.15, -0.1) is 0 Å². The van der Waals surface area contributed by atoms with Gasteiger partial charge in [-0.3, -0.25) is 4.79 Å². The summed E-state index contributed by atoms with van der Waals surface area (Å²) in [5.74, 6) is -0.243. The highest BCUT2D eigenvalue weighted by molar-refractivity contribution is 5.92. The van der Waals surface area contributed by atoms with Crippen LogP contribution in [0.25, 0.3) is 0 Å². The Balaban J connectivity index is 2.39. The summed E-state index contributed by atoms with van der Waals surface area (Å²) in [5, 5.41) is 3.27. The van der Waals surface area contributed by atoms with E-state index in [9.17, 15) is 9.18 Å². The topological polar surface area (TPSA) is 32.3 Å². The summed E-state index contributed by atoms with van der Waals surface area (Å²) in [4.78, 5) is 13.4. The summed E-state index contributed by atoms with van der Waals surface area (Å²) >= 11 is 0. The molecule has 3 nitrogen and oxygen atoms in total. The maximum atomic E-state index is 12.8. The van der Waals surface area contributed by atoms with Crippen LogP contribution in [0, 0.1) is 5.82 Å². The third-order valence-electron chi connectivity index (χ3n) is 2.71. The molecule has 0 aromatic heterocycles. The predicted octanol–water partition coefficient (Wildman–Crippen LogP) is 2.57. The zero-order valence-corrected chi connectivity index (χ0v) is 11.2. The lowest BCUT2D eigenvalue weighted by Gasteiger charge is -2.17. The number of carbonyl (C=O) groups is 1. The molecular formula is C14H21FN2O. The summed E-state index contributed by atoms with van der Waals surface area (Å²) < 4.78 is 12.8. The SMILES string of the molecule is CC(C)NCCCC(=O)N(C)c1ccc(F)cc1. The van der Waals surface area contributed by atoms with Gasteiger partial charge in [0.1, 0.15) is 5.82 Å². The van der Waals surface area contributed by atoms with E-state index >= 15 is 0 Å². The van der Waals surface area contributed by atoms with E-state index in [2.05, 4.69) is 19.2 Å². The predicted molar refractivity (Wildman–Crippen MR) is 72.2 cm³/mol. The first-order valence-corrected chi connectivity index (χ1v) is 6.26. The molecule has 0 radical (unpaired) electrons. The monoisotopic (exact) mass is 252 g/mol. The van der Waals surface area contributed by atoms with E-state index in [4.69, 9.17) is 0 Å². The molecule has 100 valence electrons. The zero-order valence-electron chi connectivity index (χ0n) is 11.2. The molecule has 1 aromatic rings. The molecule has 1 rings (SSSR count). The van der Waals surface area contributed by atoms with Crippen molar-refractivity contribution in [1.82, 2.24) is 5.32 Å². The Kier molecular flexibility index (Phi) is 5.78. The van der Waals surface area contributed by atoms with E-state index in [1.807, 2.05) is 0 Å². The van der Waals surface area contributed by atoms with Crippen LogP contribution >= 0.6 is 0 Å². The van der Waals surface area contributed by atoms with Crippen LogP contribution in [0.2, 0.25) is 0 Å². The normalized spacial score (nSPS) is 10.7. The fraction of sp³-hybridized carbons (Fsp3) is 0.500. The van der Waals surface area contributed by atoms with Gasteiger partial charge in [-0.1, -0.05) is 13.8 Å². The van der Waals surface area contributed by atoms with Crippen molar-refractivity contribution >= 4 is 11.6 Å². The van der Waals surface area contributed by atoms with Gasteiger partial charge in [0, 0.05) is 25.2 Å². The molecule has 18 heavy (non-hydrogen) atoms. The van der Waals surface area contributed by atoms with Crippen molar-refractivity contribution in [2.75, 3.05) is 18.5 Å². The van der Waals surface area contributed by atoms with E-state index < -0.39 is 0 Å². The minimum atomic E-state index is -0.291. The number of rotatable bonds is 6. The summed E-state index contributed by atoms with van der Waals surface area (Å²) in [6.07, 6.45) is 1.30. The Morgan fingerprint density at radius 1 is 1.33 bits per heavy atom. The van der Waals surface area contributed by atoms with Crippen molar-refractivity contribution in [3.63, 3.8) is 0 Å². The van der Waals surface area contributed by atoms with Gasteiger partial charge >= 0.3 is 0 Å². The Morgan fingerprint density at radius 2 is 1.94 bits per heavy atom. The number of carbonyl (C=O) groups excluding carboxylic acids is 1. The van der Waals surface area contributed by atoms with Crippen LogP contribution in [0.15, 0.2) is 24.3 Å². The molecule has 0 aliphatic heterocycles. The molecule has 0 saturated carbocycles. The first-order chi connectivity index (χ1) is 8.50. The zero-order chi connectivity index (χ0) is 13.5. The maximum Gasteiger partial charge on any atom is 0.226 e. The second-order valence-corrected chi connectivity index (χ2v) is 4.64. The molecule has 0 saturated heterocycles. The average molecular weight is 252 g/mol. The highest BCUT2D eigenvalue weighted by Crippen LogP contribution is 2.14. The summed E-state index contributed by atoms with van der Waals surface area (Å²) in [7, 11) is 1.71. The van der Waals surface area contributed by atoms with Gasteiger partial charge in [0.05, 0.1) is 0 Å². The molecule has 0 heterocycles. The van der Waals surface area contributed by atoms with Gasteiger partial charge in [-0.2, -0.15) is 0 Å². The van der Waals surface area contributed by atoms with Gasteiger partial charge < -0.3 is 10.2 Å². The molecule has 0 atom stereocenters. The quantitative estimate of drug-likeness (QED) is 0.789. The fourth-order valence-electron chi connectivity index (χ4n) is 1.61. The molecular weight excluding hydrogens is 231 g/mol. The Morgan fingerprint density at radius 3 is 2.50 bits per heavy atom. The molecule has 1 N–H and O–H groups in total. The van der Waals surface area contributed by atoms with Crippen molar-refractivity contribution in [1.29, 1.82) is 0 Å². The Labute approximate surface area is 108 Å². The lowest BCUT2D eigenvalue weighted by atomic mass is 10.2. The van der Waals surface area contributed by atoms with E-state index in [-0.39, 0.29) is 11.7 Å². The van der Waals surface area contributed by atoms with E-state index in [1.54, 1.807) is 24.1 Å².